The normalized spacial score (nSPS) is 25.9. The molecule has 20 heavy (non-hydrogen) atoms. The summed E-state index contributed by atoms with van der Waals surface area (Å²) < 4.78 is 0. The molecule has 3 rings (SSSR count). The molecule has 0 amide bonds. The van der Waals surface area contributed by atoms with Gasteiger partial charge in [0, 0.05) is 19.6 Å². The van der Waals surface area contributed by atoms with E-state index in [1.54, 1.807) is 0 Å². The van der Waals surface area contributed by atoms with Crippen molar-refractivity contribution in [3.63, 3.8) is 0 Å². The van der Waals surface area contributed by atoms with Crippen LogP contribution in [0.15, 0.2) is 30.3 Å². The van der Waals surface area contributed by atoms with E-state index in [0.717, 1.165) is 30.0 Å². The molecule has 1 aliphatic carbocycles. The molecule has 1 saturated heterocycles. The van der Waals surface area contributed by atoms with Crippen LogP contribution in [-0.4, -0.2) is 23.1 Å². The highest BCUT2D eigenvalue weighted by atomic mass is 32.1. The van der Waals surface area contributed by atoms with Gasteiger partial charge >= 0.3 is 0 Å². The molecular formula is C17H24N2S. The van der Waals surface area contributed by atoms with Gasteiger partial charge in [0.2, 0.25) is 0 Å². The molecule has 1 aromatic carbocycles. The van der Waals surface area contributed by atoms with Crippen molar-refractivity contribution in [2.75, 3.05) is 13.1 Å². The van der Waals surface area contributed by atoms with Crippen LogP contribution in [0.25, 0.3) is 0 Å². The second kappa shape index (κ2) is 6.57. The Labute approximate surface area is 127 Å². The average Bonchev–Trinajstić information content (AvgIpc) is 2.53. The Morgan fingerprint density at radius 1 is 1.10 bits per heavy atom. The van der Waals surface area contributed by atoms with E-state index in [9.17, 15) is 0 Å². The van der Waals surface area contributed by atoms with E-state index in [0.29, 0.717) is 0 Å². The lowest BCUT2D eigenvalue weighted by Crippen LogP contribution is -2.48. The molecule has 2 nitrogen and oxygen atoms in total. The topological polar surface area (TPSA) is 15.3 Å². The van der Waals surface area contributed by atoms with Crippen LogP contribution in [-0.2, 0) is 6.54 Å². The fourth-order valence-corrected chi connectivity index (χ4v) is 3.91. The first-order chi connectivity index (χ1) is 9.83. The number of nitrogens with one attached hydrogen (secondary N) is 1. The summed E-state index contributed by atoms with van der Waals surface area (Å²) in [7, 11) is 0. The highest BCUT2D eigenvalue weighted by Gasteiger charge is 2.31. The van der Waals surface area contributed by atoms with Crippen LogP contribution >= 0.6 is 12.2 Å². The first kappa shape index (κ1) is 13.9. The summed E-state index contributed by atoms with van der Waals surface area (Å²) in [4.78, 5) is 2.39. The minimum atomic E-state index is 0.838. The number of hydrogen-bond donors (Lipinski definition) is 1. The Balaban J connectivity index is 1.50. The van der Waals surface area contributed by atoms with Crippen LogP contribution < -0.4 is 5.32 Å². The summed E-state index contributed by atoms with van der Waals surface area (Å²) in [5.74, 6) is 1.85. The number of rotatable bonds is 2. The van der Waals surface area contributed by atoms with Crippen LogP contribution in [0.5, 0.6) is 0 Å². The lowest BCUT2D eigenvalue weighted by Gasteiger charge is -2.42. The fraction of sp³-hybridized carbons (Fsp3) is 0.588. The van der Waals surface area contributed by atoms with Gasteiger partial charge in [-0.05, 0) is 42.5 Å². The minimum absolute atomic E-state index is 0.838. The zero-order chi connectivity index (χ0) is 13.8. The zero-order valence-corrected chi connectivity index (χ0v) is 12.9. The molecule has 0 bridgehead atoms. The first-order valence-electron chi connectivity index (χ1n) is 7.89. The maximum absolute atomic E-state index is 5.58. The van der Waals surface area contributed by atoms with E-state index in [-0.39, 0.29) is 0 Å². The van der Waals surface area contributed by atoms with Gasteiger partial charge in [0.1, 0.15) is 0 Å². The molecule has 3 heteroatoms. The largest absolute Gasteiger partial charge is 0.358 e. The van der Waals surface area contributed by atoms with Gasteiger partial charge < -0.3 is 10.2 Å². The molecule has 0 radical (unpaired) electrons. The van der Waals surface area contributed by atoms with Gasteiger partial charge in [-0.15, -0.1) is 0 Å². The number of benzene rings is 1. The van der Waals surface area contributed by atoms with Gasteiger partial charge in [0.25, 0.3) is 0 Å². The molecule has 1 N–H and O–H groups in total. The van der Waals surface area contributed by atoms with Gasteiger partial charge in [0.15, 0.2) is 5.11 Å². The minimum Gasteiger partial charge on any atom is -0.358 e. The third-order valence-corrected chi connectivity index (χ3v) is 5.27. The Morgan fingerprint density at radius 2 is 1.85 bits per heavy atom. The van der Waals surface area contributed by atoms with Crippen molar-refractivity contribution in [3.05, 3.63) is 35.9 Å². The van der Waals surface area contributed by atoms with Gasteiger partial charge in [-0.25, -0.2) is 0 Å². The van der Waals surface area contributed by atoms with Crippen LogP contribution in [0, 0.1) is 11.8 Å². The van der Waals surface area contributed by atoms with Gasteiger partial charge in [-0.2, -0.15) is 0 Å². The summed E-state index contributed by atoms with van der Waals surface area (Å²) in [5, 5.41) is 4.36. The van der Waals surface area contributed by atoms with E-state index >= 15 is 0 Å². The molecule has 0 unspecified atom stereocenters. The van der Waals surface area contributed by atoms with E-state index in [1.807, 2.05) is 0 Å². The zero-order valence-electron chi connectivity index (χ0n) is 12.1. The van der Waals surface area contributed by atoms with Crippen molar-refractivity contribution < 1.29 is 0 Å². The van der Waals surface area contributed by atoms with E-state index in [1.165, 1.54) is 44.2 Å². The lowest BCUT2D eigenvalue weighted by atomic mass is 9.75. The van der Waals surface area contributed by atoms with Crippen LogP contribution in [0.2, 0.25) is 0 Å². The molecule has 0 aromatic heterocycles. The predicted molar refractivity (Wildman–Crippen MR) is 87.5 cm³/mol. The smallest absolute Gasteiger partial charge is 0.169 e. The van der Waals surface area contributed by atoms with Crippen molar-refractivity contribution in [2.24, 2.45) is 11.8 Å². The molecule has 1 aliphatic heterocycles. The summed E-state index contributed by atoms with van der Waals surface area (Å²) in [6.45, 7) is 3.15. The van der Waals surface area contributed by atoms with Crippen LogP contribution in [0.3, 0.4) is 0 Å². The van der Waals surface area contributed by atoms with E-state index in [4.69, 9.17) is 12.2 Å². The number of nitrogens with zero attached hydrogens (tertiary/aromatic N) is 1. The highest BCUT2D eigenvalue weighted by molar-refractivity contribution is 7.80. The van der Waals surface area contributed by atoms with Crippen LogP contribution in [0.1, 0.15) is 37.7 Å². The summed E-state index contributed by atoms with van der Waals surface area (Å²) in [6, 6.07) is 10.5. The maximum Gasteiger partial charge on any atom is 0.169 e. The number of hydrogen-bond acceptors (Lipinski definition) is 1. The molecule has 1 saturated carbocycles. The number of fused-ring (bicyclic) bond motifs is 1. The summed E-state index contributed by atoms with van der Waals surface area (Å²) >= 11 is 5.58. The second-order valence-electron chi connectivity index (χ2n) is 6.18. The standard InChI is InChI=1S/C17H24N2S/c20-17(18-12-14-6-2-1-3-7-14)19-11-10-15-8-4-5-9-16(15)13-19/h1-3,6-7,15-16H,4-5,8-13H2,(H,18,20)/t15-,16+/m1/s1. The Morgan fingerprint density at radius 3 is 2.65 bits per heavy atom. The number of piperidine rings is 1. The molecule has 0 spiro atoms. The average molecular weight is 288 g/mol. The lowest BCUT2D eigenvalue weighted by molar-refractivity contribution is 0.129. The Bertz CT molecular complexity index is 446. The van der Waals surface area contributed by atoms with Gasteiger partial charge in [-0.3, -0.25) is 0 Å². The van der Waals surface area contributed by atoms with Gasteiger partial charge in [-0.1, -0.05) is 49.6 Å². The highest BCUT2D eigenvalue weighted by Crippen LogP contribution is 2.35. The van der Waals surface area contributed by atoms with Crippen molar-refractivity contribution >= 4 is 17.3 Å². The third kappa shape index (κ3) is 3.32. The van der Waals surface area contributed by atoms with Gasteiger partial charge in [0.05, 0.1) is 0 Å². The summed E-state index contributed by atoms with van der Waals surface area (Å²) in [6.07, 6.45) is 7.04. The summed E-state index contributed by atoms with van der Waals surface area (Å²) in [5.41, 5.74) is 1.29. The van der Waals surface area contributed by atoms with Crippen LogP contribution in [0.4, 0.5) is 0 Å². The number of likely N-dealkylation sites (tertiary alicyclic amines) is 1. The first-order valence-corrected chi connectivity index (χ1v) is 8.30. The molecule has 108 valence electrons. The second-order valence-corrected chi connectivity index (χ2v) is 6.57. The molecule has 2 fully saturated rings. The Kier molecular flexibility index (Phi) is 4.56. The fourth-order valence-electron chi connectivity index (χ4n) is 3.67. The quantitative estimate of drug-likeness (QED) is 0.838. The predicted octanol–water partition coefficient (Wildman–Crippen LogP) is 3.57. The number of thiocarbonyl (C=S) groups is 1. The van der Waals surface area contributed by atoms with Crippen molar-refractivity contribution in [1.29, 1.82) is 0 Å². The van der Waals surface area contributed by atoms with Crippen molar-refractivity contribution in [3.8, 4) is 0 Å². The van der Waals surface area contributed by atoms with E-state index < -0.39 is 0 Å². The molecule has 2 aliphatic rings. The third-order valence-electron chi connectivity index (χ3n) is 4.86. The molecular weight excluding hydrogens is 264 g/mol. The van der Waals surface area contributed by atoms with Crippen molar-refractivity contribution in [2.45, 2.75) is 38.6 Å². The van der Waals surface area contributed by atoms with E-state index in [2.05, 4.69) is 40.5 Å². The molecule has 2 atom stereocenters. The Hall–Kier alpha value is -1.09. The maximum atomic E-state index is 5.58. The SMILES string of the molecule is S=C(NCc1ccccc1)N1CC[C@H]2CCCC[C@H]2C1. The monoisotopic (exact) mass is 288 g/mol. The molecule has 1 heterocycles. The molecule has 1 aromatic rings. The van der Waals surface area contributed by atoms with Crippen molar-refractivity contribution in [1.82, 2.24) is 10.2 Å².